The van der Waals surface area contributed by atoms with Crippen molar-refractivity contribution < 1.29 is 14.2 Å². The molecule has 3 aromatic rings. The molecule has 1 aliphatic heterocycles. The SMILES string of the molecule is COc1ccc(-c2c(C)nn3c2N=C(C)CC3c2ccc(OC)cc2OC)cc1. The fraction of sp³-hybridized carbons (Fsp3) is 0.304. The van der Waals surface area contributed by atoms with Crippen LogP contribution in [0.2, 0.25) is 0 Å². The Morgan fingerprint density at radius 1 is 0.897 bits per heavy atom. The maximum absolute atomic E-state index is 5.66. The standard InChI is InChI=1S/C23H25N3O3/c1-14-12-20(19-11-10-18(28-4)13-21(19)29-5)26-23(24-14)22(15(2)25-26)16-6-8-17(27-3)9-7-16/h6-11,13,20H,12H2,1-5H3. The number of aliphatic imine (C=N–C) groups is 1. The van der Waals surface area contributed by atoms with E-state index in [2.05, 4.69) is 13.0 Å². The molecule has 1 aliphatic rings. The summed E-state index contributed by atoms with van der Waals surface area (Å²) in [6, 6.07) is 13.9. The average molecular weight is 391 g/mol. The molecule has 2 aromatic carbocycles. The Kier molecular flexibility index (Phi) is 5.01. The van der Waals surface area contributed by atoms with Crippen LogP contribution < -0.4 is 14.2 Å². The molecule has 2 heterocycles. The number of fused-ring (bicyclic) bond motifs is 1. The summed E-state index contributed by atoms with van der Waals surface area (Å²) in [7, 11) is 5.00. The zero-order valence-electron chi connectivity index (χ0n) is 17.4. The average Bonchev–Trinajstić information content (AvgIpc) is 3.08. The van der Waals surface area contributed by atoms with Crippen molar-refractivity contribution in [3.05, 3.63) is 53.7 Å². The first-order chi connectivity index (χ1) is 14.0. The van der Waals surface area contributed by atoms with Gasteiger partial charge in [-0.3, -0.25) is 0 Å². The maximum Gasteiger partial charge on any atom is 0.159 e. The smallest absolute Gasteiger partial charge is 0.159 e. The van der Waals surface area contributed by atoms with E-state index in [0.29, 0.717) is 0 Å². The van der Waals surface area contributed by atoms with Crippen LogP contribution in [0.25, 0.3) is 11.1 Å². The minimum absolute atomic E-state index is 0.00838. The summed E-state index contributed by atoms with van der Waals surface area (Å²) >= 11 is 0. The van der Waals surface area contributed by atoms with Crippen LogP contribution in [0.4, 0.5) is 5.82 Å². The molecule has 6 heteroatoms. The molecule has 0 amide bonds. The third-order valence-corrected chi connectivity index (χ3v) is 5.32. The van der Waals surface area contributed by atoms with Gasteiger partial charge < -0.3 is 14.2 Å². The van der Waals surface area contributed by atoms with E-state index >= 15 is 0 Å². The Labute approximate surface area is 170 Å². The van der Waals surface area contributed by atoms with Gasteiger partial charge in [0.25, 0.3) is 0 Å². The monoisotopic (exact) mass is 391 g/mol. The van der Waals surface area contributed by atoms with Gasteiger partial charge in [-0.2, -0.15) is 5.10 Å². The van der Waals surface area contributed by atoms with Crippen LogP contribution in [0.1, 0.15) is 30.6 Å². The van der Waals surface area contributed by atoms with Gasteiger partial charge >= 0.3 is 0 Å². The molecule has 0 fully saturated rings. The lowest BCUT2D eigenvalue weighted by molar-refractivity contribution is 0.383. The number of benzene rings is 2. The van der Waals surface area contributed by atoms with Gasteiger partial charge in [0.1, 0.15) is 17.2 Å². The van der Waals surface area contributed by atoms with Gasteiger partial charge in [0.15, 0.2) is 5.82 Å². The summed E-state index contributed by atoms with van der Waals surface area (Å²) < 4.78 is 18.3. The van der Waals surface area contributed by atoms with E-state index < -0.39 is 0 Å². The highest BCUT2D eigenvalue weighted by Crippen LogP contribution is 2.43. The minimum Gasteiger partial charge on any atom is -0.497 e. The summed E-state index contributed by atoms with van der Waals surface area (Å²) in [5.41, 5.74) is 5.19. The molecule has 0 bridgehead atoms. The second-order valence-corrected chi connectivity index (χ2v) is 7.13. The molecule has 0 saturated carbocycles. The van der Waals surface area contributed by atoms with Gasteiger partial charge in [-0.05, 0) is 43.7 Å². The quantitative estimate of drug-likeness (QED) is 0.616. The van der Waals surface area contributed by atoms with Crippen molar-refractivity contribution in [3.63, 3.8) is 0 Å². The van der Waals surface area contributed by atoms with Crippen LogP contribution >= 0.6 is 0 Å². The lowest BCUT2D eigenvalue weighted by Gasteiger charge is -2.25. The summed E-state index contributed by atoms with van der Waals surface area (Å²) in [6.07, 6.45) is 0.777. The van der Waals surface area contributed by atoms with E-state index in [1.807, 2.05) is 48.0 Å². The van der Waals surface area contributed by atoms with Crippen molar-refractivity contribution in [2.75, 3.05) is 21.3 Å². The number of aryl methyl sites for hydroxylation is 1. The first-order valence-corrected chi connectivity index (χ1v) is 9.55. The Bertz CT molecular complexity index is 1070. The highest BCUT2D eigenvalue weighted by atomic mass is 16.5. The summed E-state index contributed by atoms with van der Waals surface area (Å²) in [4.78, 5) is 4.87. The number of aromatic nitrogens is 2. The van der Waals surface area contributed by atoms with Gasteiger partial charge in [-0.25, -0.2) is 9.67 Å². The van der Waals surface area contributed by atoms with E-state index in [1.54, 1.807) is 21.3 Å². The number of ether oxygens (including phenoxy) is 3. The number of methoxy groups -OCH3 is 3. The zero-order chi connectivity index (χ0) is 20.5. The minimum atomic E-state index is 0.00838. The molecule has 29 heavy (non-hydrogen) atoms. The first-order valence-electron chi connectivity index (χ1n) is 9.55. The van der Waals surface area contributed by atoms with Crippen LogP contribution in [0.15, 0.2) is 47.5 Å². The summed E-state index contributed by atoms with van der Waals surface area (Å²) in [5, 5.41) is 4.87. The van der Waals surface area contributed by atoms with Crippen LogP contribution in [0, 0.1) is 6.92 Å². The molecule has 0 radical (unpaired) electrons. The van der Waals surface area contributed by atoms with Gasteiger partial charge in [-0.1, -0.05) is 12.1 Å². The van der Waals surface area contributed by atoms with E-state index in [-0.39, 0.29) is 6.04 Å². The van der Waals surface area contributed by atoms with E-state index in [9.17, 15) is 0 Å². The third-order valence-electron chi connectivity index (χ3n) is 5.32. The Hall–Kier alpha value is -3.28. The third kappa shape index (κ3) is 3.35. The molecule has 6 nitrogen and oxygen atoms in total. The van der Waals surface area contributed by atoms with Crippen LogP contribution in [-0.4, -0.2) is 36.8 Å². The van der Waals surface area contributed by atoms with E-state index in [0.717, 1.165) is 57.6 Å². The van der Waals surface area contributed by atoms with E-state index in [1.165, 1.54) is 0 Å². The highest BCUT2D eigenvalue weighted by Gasteiger charge is 2.29. The largest absolute Gasteiger partial charge is 0.497 e. The molecular weight excluding hydrogens is 366 g/mol. The predicted molar refractivity (Wildman–Crippen MR) is 114 cm³/mol. The van der Waals surface area contributed by atoms with Crippen molar-refractivity contribution in [2.24, 2.45) is 4.99 Å². The lowest BCUT2D eigenvalue weighted by Crippen LogP contribution is -2.19. The second-order valence-electron chi connectivity index (χ2n) is 7.13. The van der Waals surface area contributed by atoms with Crippen molar-refractivity contribution in [3.8, 4) is 28.4 Å². The Morgan fingerprint density at radius 3 is 2.24 bits per heavy atom. The predicted octanol–water partition coefficient (Wildman–Crippen LogP) is 4.97. The fourth-order valence-electron chi connectivity index (χ4n) is 3.88. The molecule has 0 aliphatic carbocycles. The molecule has 4 rings (SSSR count). The highest BCUT2D eigenvalue weighted by molar-refractivity contribution is 5.90. The molecule has 0 spiro atoms. The van der Waals surface area contributed by atoms with Gasteiger partial charge in [0.05, 0.1) is 33.1 Å². The second kappa shape index (κ2) is 7.62. The molecule has 1 unspecified atom stereocenters. The number of hydrogen-bond donors (Lipinski definition) is 0. The fourth-order valence-corrected chi connectivity index (χ4v) is 3.88. The normalized spacial score (nSPS) is 15.5. The molecule has 1 aromatic heterocycles. The van der Waals surface area contributed by atoms with E-state index in [4.69, 9.17) is 24.3 Å². The van der Waals surface area contributed by atoms with Crippen LogP contribution in [-0.2, 0) is 0 Å². The van der Waals surface area contributed by atoms with Crippen molar-refractivity contribution in [2.45, 2.75) is 26.3 Å². The first kappa shape index (κ1) is 19.1. The Balaban J connectivity index is 1.85. The number of hydrogen-bond acceptors (Lipinski definition) is 5. The Morgan fingerprint density at radius 2 is 1.59 bits per heavy atom. The van der Waals surface area contributed by atoms with Gasteiger partial charge in [0.2, 0.25) is 0 Å². The molecule has 150 valence electrons. The van der Waals surface area contributed by atoms with Crippen molar-refractivity contribution in [1.29, 1.82) is 0 Å². The molecule has 1 atom stereocenters. The zero-order valence-corrected chi connectivity index (χ0v) is 17.4. The number of nitrogens with zero attached hydrogens (tertiary/aromatic N) is 3. The van der Waals surface area contributed by atoms with Crippen molar-refractivity contribution in [1.82, 2.24) is 9.78 Å². The summed E-state index contributed by atoms with van der Waals surface area (Å²) in [6.45, 7) is 4.09. The van der Waals surface area contributed by atoms with Crippen LogP contribution in [0.5, 0.6) is 17.2 Å². The topological polar surface area (TPSA) is 57.9 Å². The molecule has 0 N–H and O–H groups in total. The van der Waals surface area contributed by atoms with Gasteiger partial charge in [-0.15, -0.1) is 0 Å². The van der Waals surface area contributed by atoms with Crippen molar-refractivity contribution >= 4 is 11.5 Å². The maximum atomic E-state index is 5.66. The van der Waals surface area contributed by atoms with Gasteiger partial charge in [0, 0.05) is 29.3 Å². The number of rotatable bonds is 5. The molecule has 0 saturated heterocycles. The summed E-state index contributed by atoms with van der Waals surface area (Å²) in [5.74, 6) is 3.25. The van der Waals surface area contributed by atoms with Crippen LogP contribution in [0.3, 0.4) is 0 Å². The molecular formula is C23H25N3O3. The lowest BCUT2D eigenvalue weighted by atomic mass is 9.98.